The van der Waals surface area contributed by atoms with Gasteiger partial charge in [0.15, 0.2) is 5.16 Å². The lowest BCUT2D eigenvalue weighted by Gasteiger charge is -2.09. The van der Waals surface area contributed by atoms with Crippen LogP contribution in [-0.4, -0.2) is 50.0 Å². The van der Waals surface area contributed by atoms with Crippen molar-refractivity contribution in [2.75, 3.05) is 18.2 Å². The van der Waals surface area contributed by atoms with Gasteiger partial charge < -0.3 is 24.9 Å². The molecule has 2 amide bonds. The fourth-order valence-electron chi connectivity index (χ4n) is 3.19. The van der Waals surface area contributed by atoms with Gasteiger partial charge in [-0.05, 0) is 24.6 Å². The molecule has 0 aliphatic rings. The van der Waals surface area contributed by atoms with E-state index in [1.807, 2.05) is 34.5 Å². The van der Waals surface area contributed by atoms with Crippen LogP contribution in [0.15, 0.2) is 36.1 Å². The number of ether oxygens (including phenoxy) is 1. The van der Waals surface area contributed by atoms with Gasteiger partial charge in [0.25, 0.3) is 5.91 Å². The lowest BCUT2D eigenvalue weighted by atomic mass is 10.1. The molecule has 3 aromatic heterocycles. The van der Waals surface area contributed by atoms with Crippen LogP contribution in [0.2, 0.25) is 0 Å². The molecule has 0 spiro atoms. The van der Waals surface area contributed by atoms with E-state index in [1.165, 1.54) is 18.9 Å². The molecule has 3 N–H and O–H groups in total. The maximum absolute atomic E-state index is 12.6. The third kappa shape index (κ3) is 5.34. The molecule has 0 aromatic carbocycles. The fraction of sp³-hybridized carbons (Fsp3) is 0.286. The molecule has 0 bridgehead atoms. The van der Waals surface area contributed by atoms with Crippen molar-refractivity contribution in [1.82, 2.24) is 19.3 Å². The summed E-state index contributed by atoms with van der Waals surface area (Å²) in [6, 6.07) is 3.97. The number of aromatic nitrogens is 4. The summed E-state index contributed by atoms with van der Waals surface area (Å²) in [5.74, 6) is -0.939. The number of amides is 2. The first-order valence-corrected chi connectivity index (χ1v) is 11.6. The number of nitrogens with zero attached hydrogens (tertiary/aromatic N) is 4. The third-order valence-corrected chi connectivity index (χ3v) is 7.03. The first-order valence-electron chi connectivity index (χ1n) is 9.84. The summed E-state index contributed by atoms with van der Waals surface area (Å²) in [5.41, 5.74) is 6.96. The van der Waals surface area contributed by atoms with E-state index < -0.39 is 11.9 Å². The number of methoxy groups -OCH3 is 1. The van der Waals surface area contributed by atoms with E-state index in [4.69, 9.17) is 10.5 Å². The van der Waals surface area contributed by atoms with Gasteiger partial charge in [-0.1, -0.05) is 17.8 Å². The number of nitrogens with two attached hydrogens (primary N) is 1. The fourth-order valence-corrected chi connectivity index (χ4v) is 5.02. The topological polar surface area (TPSA) is 134 Å². The van der Waals surface area contributed by atoms with E-state index in [1.54, 1.807) is 13.0 Å². The Balaban J connectivity index is 1.74. The van der Waals surface area contributed by atoms with Gasteiger partial charge in [-0.2, -0.15) is 0 Å². The number of thioether (sulfide) groups is 1. The van der Waals surface area contributed by atoms with E-state index >= 15 is 0 Å². The van der Waals surface area contributed by atoms with Crippen LogP contribution in [0.25, 0.3) is 0 Å². The summed E-state index contributed by atoms with van der Waals surface area (Å²) in [7, 11) is 3.19. The zero-order chi connectivity index (χ0) is 24.1. The summed E-state index contributed by atoms with van der Waals surface area (Å²) in [6.07, 6.45) is 4.29. The molecule has 0 aliphatic heterocycles. The largest absolute Gasteiger partial charge is 0.465 e. The Morgan fingerprint density at radius 1 is 1.36 bits per heavy atom. The predicted molar refractivity (Wildman–Crippen MR) is 127 cm³/mol. The number of primary amides is 1. The molecule has 3 heterocycles. The monoisotopic (exact) mass is 488 g/mol. The molecule has 0 unspecified atom stereocenters. The average Bonchev–Trinajstić information content (AvgIpc) is 3.45. The molecule has 174 valence electrons. The summed E-state index contributed by atoms with van der Waals surface area (Å²) in [6.45, 7) is 5.87. The second-order valence-corrected chi connectivity index (χ2v) is 9.00. The third-order valence-electron chi connectivity index (χ3n) is 4.84. The van der Waals surface area contributed by atoms with Gasteiger partial charge in [0.1, 0.15) is 10.8 Å². The molecule has 33 heavy (non-hydrogen) atoms. The Hall–Kier alpha value is -3.38. The zero-order valence-corrected chi connectivity index (χ0v) is 20.1. The van der Waals surface area contributed by atoms with E-state index in [0.717, 1.165) is 22.9 Å². The van der Waals surface area contributed by atoms with Crippen molar-refractivity contribution in [2.24, 2.45) is 12.8 Å². The Kier molecular flexibility index (Phi) is 7.71. The van der Waals surface area contributed by atoms with Gasteiger partial charge in [0, 0.05) is 31.9 Å². The minimum absolute atomic E-state index is 0.0168. The van der Waals surface area contributed by atoms with E-state index in [-0.39, 0.29) is 27.1 Å². The number of anilines is 1. The maximum atomic E-state index is 12.6. The molecule has 3 aromatic rings. The first kappa shape index (κ1) is 24.3. The summed E-state index contributed by atoms with van der Waals surface area (Å²) in [5, 5.41) is 12.0. The molecular weight excluding hydrogens is 464 g/mol. The van der Waals surface area contributed by atoms with Crippen molar-refractivity contribution in [2.45, 2.75) is 25.0 Å². The lowest BCUT2D eigenvalue weighted by Crippen LogP contribution is -2.16. The second kappa shape index (κ2) is 10.5. The van der Waals surface area contributed by atoms with Crippen LogP contribution in [0.1, 0.15) is 37.1 Å². The van der Waals surface area contributed by atoms with Gasteiger partial charge in [0.05, 0.1) is 23.3 Å². The number of nitrogens with one attached hydrogen (secondary N) is 1. The van der Waals surface area contributed by atoms with Crippen molar-refractivity contribution in [3.8, 4) is 0 Å². The summed E-state index contributed by atoms with van der Waals surface area (Å²) < 4.78 is 8.70. The molecule has 0 aliphatic carbocycles. The number of carbonyl (C=O) groups is 3. The molecule has 0 radical (unpaired) electrons. The second-order valence-electron chi connectivity index (χ2n) is 7.04. The smallest absolute Gasteiger partial charge is 0.341 e. The SMILES string of the molecule is C=CCn1c(Cc2cccn2C)nnc1SCC(=O)Nc1sc(C(N)=O)c(C)c1C(=O)OC. The van der Waals surface area contributed by atoms with Gasteiger partial charge in [0.2, 0.25) is 5.91 Å². The van der Waals surface area contributed by atoms with Gasteiger partial charge in [-0.25, -0.2) is 4.79 Å². The number of thiophene rings is 1. The Morgan fingerprint density at radius 3 is 2.73 bits per heavy atom. The van der Waals surface area contributed by atoms with Crippen molar-refractivity contribution in [1.29, 1.82) is 0 Å². The number of hydrogen-bond acceptors (Lipinski definition) is 8. The van der Waals surface area contributed by atoms with Crippen LogP contribution in [0, 0.1) is 6.92 Å². The molecular formula is C21H24N6O4S2. The number of carbonyl (C=O) groups excluding carboxylic acids is 3. The molecule has 10 nitrogen and oxygen atoms in total. The normalized spacial score (nSPS) is 10.8. The van der Waals surface area contributed by atoms with E-state index in [0.29, 0.717) is 23.7 Å². The number of aryl methyl sites for hydroxylation is 1. The van der Waals surface area contributed by atoms with Crippen LogP contribution in [0.3, 0.4) is 0 Å². The molecule has 0 fully saturated rings. The Bertz CT molecular complexity index is 1210. The van der Waals surface area contributed by atoms with Crippen molar-refractivity contribution >= 4 is 45.9 Å². The molecule has 0 saturated heterocycles. The number of esters is 1. The number of hydrogen-bond donors (Lipinski definition) is 2. The van der Waals surface area contributed by atoms with Crippen LogP contribution >= 0.6 is 23.1 Å². The number of allylic oxidation sites excluding steroid dienone is 1. The molecule has 3 rings (SSSR count). The van der Waals surface area contributed by atoms with Gasteiger partial charge in [-0.15, -0.1) is 28.1 Å². The Labute approximate surface area is 198 Å². The quantitative estimate of drug-likeness (QED) is 0.254. The highest BCUT2D eigenvalue weighted by Crippen LogP contribution is 2.33. The highest BCUT2D eigenvalue weighted by atomic mass is 32.2. The standard InChI is InChI=1S/C21H24N6O4S2/c1-5-8-27-14(10-13-7-6-9-26(13)3)24-25-21(27)32-11-15(28)23-19-16(20(30)31-4)12(2)17(33-19)18(22)29/h5-7,9H,1,8,10-11H2,2-4H3,(H2,22,29)(H,23,28). The molecule has 0 saturated carbocycles. The van der Waals surface area contributed by atoms with Crippen LogP contribution in [0.5, 0.6) is 0 Å². The van der Waals surface area contributed by atoms with Crippen molar-refractivity contribution < 1.29 is 19.1 Å². The number of rotatable bonds is 10. The minimum atomic E-state index is -0.680. The Morgan fingerprint density at radius 2 is 2.12 bits per heavy atom. The first-order chi connectivity index (χ1) is 15.8. The van der Waals surface area contributed by atoms with E-state index in [2.05, 4.69) is 22.1 Å². The average molecular weight is 489 g/mol. The van der Waals surface area contributed by atoms with Gasteiger partial charge in [-0.3, -0.25) is 9.59 Å². The minimum Gasteiger partial charge on any atom is -0.465 e. The highest BCUT2D eigenvalue weighted by molar-refractivity contribution is 7.99. The van der Waals surface area contributed by atoms with Gasteiger partial charge >= 0.3 is 5.97 Å². The van der Waals surface area contributed by atoms with Crippen LogP contribution in [0.4, 0.5) is 5.00 Å². The van der Waals surface area contributed by atoms with Crippen LogP contribution in [-0.2, 0) is 29.5 Å². The lowest BCUT2D eigenvalue weighted by molar-refractivity contribution is -0.113. The van der Waals surface area contributed by atoms with E-state index in [9.17, 15) is 14.4 Å². The van der Waals surface area contributed by atoms with Crippen molar-refractivity contribution in [3.63, 3.8) is 0 Å². The maximum Gasteiger partial charge on any atom is 0.341 e. The molecule has 12 heteroatoms. The summed E-state index contributed by atoms with van der Waals surface area (Å²) >= 11 is 2.15. The highest BCUT2D eigenvalue weighted by Gasteiger charge is 2.25. The zero-order valence-electron chi connectivity index (χ0n) is 18.5. The summed E-state index contributed by atoms with van der Waals surface area (Å²) in [4.78, 5) is 36.7. The van der Waals surface area contributed by atoms with Crippen LogP contribution < -0.4 is 11.1 Å². The molecule has 0 atom stereocenters. The predicted octanol–water partition coefficient (Wildman–Crippen LogP) is 2.38. The van der Waals surface area contributed by atoms with Crippen molar-refractivity contribution in [3.05, 3.63) is 58.5 Å².